The number of nitrogens with zero attached hydrogens (tertiary/aromatic N) is 1. The quantitative estimate of drug-likeness (QED) is 0.537. The molecule has 0 bridgehead atoms. The summed E-state index contributed by atoms with van der Waals surface area (Å²) in [6.07, 6.45) is 1.86. The van der Waals surface area contributed by atoms with Crippen LogP contribution in [0.3, 0.4) is 0 Å². The van der Waals surface area contributed by atoms with Gasteiger partial charge in [-0.3, -0.25) is 9.59 Å². The first kappa shape index (κ1) is 24.7. The predicted molar refractivity (Wildman–Crippen MR) is 132 cm³/mol. The third-order valence-electron chi connectivity index (χ3n) is 6.87. The second kappa shape index (κ2) is 10.9. The maximum absolute atomic E-state index is 13.0. The molecule has 0 saturated heterocycles. The molecule has 2 aliphatic carbocycles. The summed E-state index contributed by atoms with van der Waals surface area (Å²) in [6, 6.07) is 15.2. The summed E-state index contributed by atoms with van der Waals surface area (Å²) in [6.45, 7) is 0.462. The minimum absolute atomic E-state index is 0.0653. The molecule has 0 aromatic heterocycles. The molecular weight excluding hydrogens is 446 g/mol. The van der Waals surface area contributed by atoms with Crippen LogP contribution in [0.15, 0.2) is 48.5 Å². The molecule has 0 spiro atoms. The summed E-state index contributed by atoms with van der Waals surface area (Å²) in [5.41, 5.74) is 4.53. The number of aliphatic carboxylic acids is 1. The van der Waals surface area contributed by atoms with Gasteiger partial charge in [-0.15, -0.1) is 0 Å². The topological polar surface area (TPSA) is 108 Å². The average Bonchev–Trinajstić information content (AvgIpc) is 3.16. The Bertz CT molecular complexity index is 1040. The van der Waals surface area contributed by atoms with Crippen LogP contribution in [0.2, 0.25) is 0 Å². The number of alkyl carbamates (subject to hydrolysis) is 1. The van der Waals surface area contributed by atoms with Crippen molar-refractivity contribution in [1.29, 1.82) is 0 Å². The van der Waals surface area contributed by atoms with Gasteiger partial charge in [0, 0.05) is 18.5 Å². The number of likely N-dealkylation sites (N-methyl/N-ethyl adjacent to an activating group) is 1. The van der Waals surface area contributed by atoms with Gasteiger partial charge in [-0.1, -0.05) is 55.0 Å². The van der Waals surface area contributed by atoms with E-state index in [0.717, 1.165) is 35.1 Å². The molecule has 0 unspecified atom stereocenters. The fraction of sp³-hybridized carbons (Fsp3) is 0.444. The molecule has 4 rings (SSSR count). The van der Waals surface area contributed by atoms with E-state index in [9.17, 15) is 19.5 Å². The predicted octanol–water partition coefficient (Wildman–Crippen LogP) is 3.21. The van der Waals surface area contributed by atoms with Gasteiger partial charge in [0.15, 0.2) is 0 Å². The number of nitrogens with one attached hydrogen (secondary N) is 2. The summed E-state index contributed by atoms with van der Waals surface area (Å²) >= 11 is 0. The molecule has 1 fully saturated rings. The summed E-state index contributed by atoms with van der Waals surface area (Å²) in [5.74, 6) is -1.67. The molecule has 186 valence electrons. The number of fused-ring (bicyclic) bond motifs is 3. The average molecular weight is 480 g/mol. The molecular formula is C27H33N3O5. The molecule has 0 heterocycles. The van der Waals surface area contributed by atoms with Gasteiger partial charge in [0.1, 0.15) is 12.6 Å². The van der Waals surface area contributed by atoms with Gasteiger partial charge in [0.2, 0.25) is 5.91 Å². The number of rotatable bonds is 8. The fourth-order valence-electron chi connectivity index (χ4n) is 5.19. The zero-order valence-corrected chi connectivity index (χ0v) is 20.2. The van der Waals surface area contributed by atoms with E-state index in [-0.39, 0.29) is 24.5 Å². The Labute approximate surface area is 205 Å². The van der Waals surface area contributed by atoms with Crippen LogP contribution in [0.1, 0.15) is 42.7 Å². The lowest BCUT2D eigenvalue weighted by molar-refractivity contribution is -0.143. The van der Waals surface area contributed by atoms with Crippen molar-refractivity contribution in [3.8, 4) is 11.1 Å². The molecule has 8 nitrogen and oxygen atoms in total. The van der Waals surface area contributed by atoms with Crippen LogP contribution in [0.5, 0.6) is 0 Å². The molecule has 0 radical (unpaired) electrons. The lowest BCUT2D eigenvalue weighted by Gasteiger charge is -2.29. The smallest absolute Gasteiger partial charge is 0.407 e. The maximum atomic E-state index is 13.0. The maximum Gasteiger partial charge on any atom is 0.407 e. The SMILES string of the molecule is CN(C)C[C@H](NC(=O)OCC1c2ccccc2-c2ccccc21)C(=O)N[C@@H]1CCC[C@H](C(=O)O)C1. The van der Waals surface area contributed by atoms with Crippen molar-refractivity contribution in [3.05, 3.63) is 59.7 Å². The molecule has 1 saturated carbocycles. The first-order chi connectivity index (χ1) is 16.8. The van der Waals surface area contributed by atoms with Gasteiger partial charge in [-0.25, -0.2) is 4.79 Å². The van der Waals surface area contributed by atoms with E-state index in [1.807, 2.05) is 43.3 Å². The lowest BCUT2D eigenvalue weighted by atomic mass is 9.85. The van der Waals surface area contributed by atoms with Gasteiger partial charge in [0.05, 0.1) is 5.92 Å². The largest absolute Gasteiger partial charge is 0.481 e. The molecule has 2 aliphatic rings. The number of ether oxygens (including phenoxy) is 1. The second-order valence-corrected chi connectivity index (χ2v) is 9.69. The number of carbonyl (C=O) groups excluding carboxylic acids is 2. The second-order valence-electron chi connectivity index (χ2n) is 9.69. The number of carbonyl (C=O) groups is 3. The van der Waals surface area contributed by atoms with E-state index < -0.39 is 24.0 Å². The highest BCUT2D eigenvalue weighted by molar-refractivity contribution is 5.86. The van der Waals surface area contributed by atoms with Gasteiger partial charge in [-0.05, 0) is 55.6 Å². The molecule has 2 aromatic carbocycles. The Morgan fingerprint density at radius 3 is 2.26 bits per heavy atom. The summed E-state index contributed by atoms with van der Waals surface area (Å²) in [7, 11) is 3.64. The zero-order chi connectivity index (χ0) is 24.9. The number of carboxylic acids is 1. The third-order valence-corrected chi connectivity index (χ3v) is 6.87. The van der Waals surface area contributed by atoms with Gasteiger partial charge in [0.25, 0.3) is 0 Å². The lowest BCUT2D eigenvalue weighted by Crippen LogP contribution is -2.54. The van der Waals surface area contributed by atoms with Crippen LogP contribution in [0, 0.1) is 5.92 Å². The molecule has 8 heteroatoms. The third kappa shape index (κ3) is 5.82. The minimum Gasteiger partial charge on any atom is -0.481 e. The van der Waals surface area contributed by atoms with Crippen molar-refractivity contribution >= 4 is 18.0 Å². The molecule has 35 heavy (non-hydrogen) atoms. The number of amides is 2. The van der Waals surface area contributed by atoms with Crippen molar-refractivity contribution < 1.29 is 24.2 Å². The summed E-state index contributed by atoms with van der Waals surface area (Å²) in [5, 5.41) is 15.0. The Morgan fingerprint density at radius 1 is 1.03 bits per heavy atom. The molecule has 3 N–H and O–H groups in total. The Kier molecular flexibility index (Phi) is 7.70. The summed E-state index contributed by atoms with van der Waals surface area (Å²) in [4.78, 5) is 38.9. The van der Waals surface area contributed by atoms with Gasteiger partial charge < -0.3 is 25.4 Å². The van der Waals surface area contributed by atoms with Crippen molar-refractivity contribution in [2.24, 2.45) is 5.92 Å². The molecule has 0 aliphatic heterocycles. The van der Waals surface area contributed by atoms with E-state index in [2.05, 4.69) is 34.9 Å². The van der Waals surface area contributed by atoms with E-state index >= 15 is 0 Å². The van der Waals surface area contributed by atoms with Crippen molar-refractivity contribution in [3.63, 3.8) is 0 Å². The van der Waals surface area contributed by atoms with Crippen LogP contribution < -0.4 is 10.6 Å². The normalized spacial score (nSPS) is 20.0. The standard InChI is InChI=1S/C27H33N3O5/c1-30(2)15-24(25(31)28-18-9-7-8-17(14-18)26(32)33)29-27(34)35-16-23-21-12-5-3-10-19(21)20-11-4-6-13-22(20)23/h3-6,10-13,17-18,23-24H,7-9,14-16H2,1-2H3,(H,28,31)(H,29,34)(H,32,33)/t17-,18+,24-/m0/s1. The van der Waals surface area contributed by atoms with E-state index in [1.54, 1.807) is 0 Å². The number of carboxylic acid groups (broad SMARTS) is 1. The number of hydrogen-bond donors (Lipinski definition) is 3. The Hall–Kier alpha value is -3.39. The van der Waals surface area contributed by atoms with Crippen molar-refractivity contribution in [2.75, 3.05) is 27.2 Å². The van der Waals surface area contributed by atoms with E-state index in [1.165, 1.54) is 0 Å². The van der Waals surface area contributed by atoms with Crippen LogP contribution in [-0.4, -0.2) is 67.3 Å². The Balaban J connectivity index is 1.38. The first-order valence-electron chi connectivity index (χ1n) is 12.1. The van der Waals surface area contributed by atoms with Crippen LogP contribution in [0.4, 0.5) is 4.79 Å². The molecule has 2 aromatic rings. The van der Waals surface area contributed by atoms with Crippen LogP contribution in [-0.2, 0) is 14.3 Å². The van der Waals surface area contributed by atoms with E-state index in [4.69, 9.17) is 4.74 Å². The zero-order valence-electron chi connectivity index (χ0n) is 20.2. The van der Waals surface area contributed by atoms with Crippen LogP contribution >= 0.6 is 0 Å². The van der Waals surface area contributed by atoms with Crippen molar-refractivity contribution in [2.45, 2.75) is 43.7 Å². The van der Waals surface area contributed by atoms with Crippen molar-refractivity contribution in [1.82, 2.24) is 15.5 Å². The highest BCUT2D eigenvalue weighted by Crippen LogP contribution is 2.44. The highest BCUT2D eigenvalue weighted by Gasteiger charge is 2.32. The number of hydrogen-bond acceptors (Lipinski definition) is 5. The first-order valence-corrected chi connectivity index (χ1v) is 12.1. The molecule has 3 atom stereocenters. The van der Waals surface area contributed by atoms with Gasteiger partial charge in [-0.2, -0.15) is 0 Å². The highest BCUT2D eigenvalue weighted by atomic mass is 16.5. The number of benzene rings is 2. The van der Waals surface area contributed by atoms with Crippen LogP contribution in [0.25, 0.3) is 11.1 Å². The summed E-state index contributed by atoms with van der Waals surface area (Å²) < 4.78 is 5.61. The molecule has 2 amide bonds. The Morgan fingerprint density at radius 2 is 1.66 bits per heavy atom. The fourth-order valence-corrected chi connectivity index (χ4v) is 5.19. The van der Waals surface area contributed by atoms with E-state index in [0.29, 0.717) is 19.4 Å². The minimum atomic E-state index is -0.828. The van der Waals surface area contributed by atoms with Gasteiger partial charge >= 0.3 is 12.1 Å². The monoisotopic (exact) mass is 479 g/mol.